The maximum atomic E-state index is 13.6. The summed E-state index contributed by atoms with van der Waals surface area (Å²) >= 11 is 5.66. The predicted molar refractivity (Wildman–Crippen MR) is 79.5 cm³/mol. The van der Waals surface area contributed by atoms with Crippen LogP contribution in [0.3, 0.4) is 0 Å². The van der Waals surface area contributed by atoms with Crippen molar-refractivity contribution in [3.8, 4) is 6.07 Å². The molecular formula is C15H17ClFN3O. The molecule has 2 rings (SSSR count). The number of carbonyl (C=O) groups is 1. The Morgan fingerprint density at radius 1 is 1.38 bits per heavy atom. The van der Waals surface area contributed by atoms with Gasteiger partial charge in [0.2, 0.25) is 5.91 Å². The molecule has 2 N–H and O–H groups in total. The molecule has 0 atom stereocenters. The Morgan fingerprint density at radius 3 is 2.71 bits per heavy atom. The first-order chi connectivity index (χ1) is 10.0. The summed E-state index contributed by atoms with van der Waals surface area (Å²) in [4.78, 5) is 12.0. The predicted octanol–water partition coefficient (Wildman–Crippen LogP) is 3.23. The second kappa shape index (κ2) is 6.77. The molecule has 1 aliphatic rings. The fourth-order valence-corrected chi connectivity index (χ4v) is 2.70. The highest BCUT2D eigenvalue weighted by atomic mass is 35.5. The molecule has 0 aromatic heterocycles. The normalized spacial score (nSPS) is 16.8. The Labute approximate surface area is 128 Å². The maximum Gasteiger partial charge on any atom is 0.240 e. The van der Waals surface area contributed by atoms with E-state index in [9.17, 15) is 14.4 Å². The van der Waals surface area contributed by atoms with Crippen molar-refractivity contribution in [3.63, 3.8) is 0 Å². The molecule has 1 saturated carbocycles. The van der Waals surface area contributed by atoms with Crippen molar-refractivity contribution < 1.29 is 9.18 Å². The summed E-state index contributed by atoms with van der Waals surface area (Å²) in [6, 6.07) is 6.42. The lowest BCUT2D eigenvalue weighted by Crippen LogP contribution is -2.50. The Hall–Kier alpha value is -1.80. The number of rotatable bonds is 4. The number of amides is 1. The van der Waals surface area contributed by atoms with E-state index in [-0.39, 0.29) is 18.1 Å². The summed E-state index contributed by atoms with van der Waals surface area (Å²) in [6.45, 7) is -0.0814. The molecule has 112 valence electrons. The van der Waals surface area contributed by atoms with Crippen molar-refractivity contribution in [1.82, 2.24) is 5.32 Å². The Morgan fingerprint density at radius 2 is 2.10 bits per heavy atom. The Balaban J connectivity index is 1.91. The van der Waals surface area contributed by atoms with E-state index in [4.69, 9.17) is 11.6 Å². The van der Waals surface area contributed by atoms with Crippen LogP contribution in [0.4, 0.5) is 10.1 Å². The van der Waals surface area contributed by atoms with E-state index in [1.54, 1.807) is 6.07 Å². The van der Waals surface area contributed by atoms with E-state index in [0.717, 1.165) is 19.3 Å². The molecule has 1 aliphatic carbocycles. The highest BCUT2D eigenvalue weighted by Crippen LogP contribution is 2.27. The zero-order chi connectivity index (χ0) is 15.3. The summed E-state index contributed by atoms with van der Waals surface area (Å²) in [5.74, 6) is -0.823. The molecule has 0 aliphatic heterocycles. The largest absolute Gasteiger partial charge is 0.374 e. The third-order valence-electron chi connectivity index (χ3n) is 3.67. The minimum atomic E-state index is -0.768. The van der Waals surface area contributed by atoms with E-state index >= 15 is 0 Å². The number of nitrogens with zero attached hydrogens (tertiary/aromatic N) is 1. The van der Waals surface area contributed by atoms with E-state index in [0.29, 0.717) is 17.9 Å². The molecule has 1 fully saturated rings. The summed E-state index contributed by atoms with van der Waals surface area (Å²) in [5.41, 5.74) is -0.556. The first kappa shape index (κ1) is 15.6. The first-order valence-electron chi connectivity index (χ1n) is 6.96. The molecule has 0 radical (unpaired) electrons. The van der Waals surface area contributed by atoms with Gasteiger partial charge in [0.05, 0.1) is 18.3 Å². The highest BCUT2D eigenvalue weighted by Gasteiger charge is 2.33. The lowest BCUT2D eigenvalue weighted by atomic mass is 9.83. The first-order valence-corrected chi connectivity index (χ1v) is 7.34. The third-order valence-corrected chi connectivity index (χ3v) is 3.91. The maximum absolute atomic E-state index is 13.6. The summed E-state index contributed by atoms with van der Waals surface area (Å²) in [5, 5.41) is 15.1. The van der Waals surface area contributed by atoms with Gasteiger partial charge in [-0.1, -0.05) is 30.9 Å². The number of benzene rings is 1. The smallest absolute Gasteiger partial charge is 0.240 e. The second-order valence-corrected chi connectivity index (χ2v) is 5.72. The van der Waals surface area contributed by atoms with E-state index in [1.165, 1.54) is 12.1 Å². The highest BCUT2D eigenvalue weighted by molar-refractivity contribution is 6.30. The quantitative estimate of drug-likeness (QED) is 0.897. The van der Waals surface area contributed by atoms with E-state index < -0.39 is 11.4 Å². The van der Waals surface area contributed by atoms with Crippen molar-refractivity contribution >= 4 is 23.2 Å². The SMILES string of the molecule is N#CC1(NC(=O)CNc2ccc(Cl)cc2F)CCCCC1. The number of halogens is 2. The van der Waals surface area contributed by atoms with Gasteiger partial charge in [-0.15, -0.1) is 0 Å². The molecule has 1 aromatic carbocycles. The standard InChI is InChI=1S/C15H17ClFN3O/c16-11-4-5-13(12(17)8-11)19-9-14(21)20-15(10-18)6-2-1-3-7-15/h4-5,8,19H,1-3,6-7,9H2,(H,20,21). The average molecular weight is 310 g/mol. The molecule has 4 nitrogen and oxygen atoms in total. The van der Waals surface area contributed by atoms with Gasteiger partial charge >= 0.3 is 0 Å². The van der Waals surface area contributed by atoms with Crippen molar-refractivity contribution in [1.29, 1.82) is 5.26 Å². The summed E-state index contributed by atoms with van der Waals surface area (Å²) in [6.07, 6.45) is 4.31. The molecule has 1 amide bonds. The van der Waals surface area contributed by atoms with Gasteiger partial charge in [0.1, 0.15) is 11.4 Å². The third kappa shape index (κ3) is 4.08. The minimum absolute atomic E-state index is 0.0814. The molecular weight excluding hydrogens is 293 g/mol. The molecule has 0 bridgehead atoms. The number of hydrogen-bond donors (Lipinski definition) is 2. The van der Waals surface area contributed by atoms with Crippen molar-refractivity contribution in [3.05, 3.63) is 29.0 Å². The van der Waals surface area contributed by atoms with Gasteiger partial charge in [-0.2, -0.15) is 5.26 Å². The van der Waals surface area contributed by atoms with Crippen LogP contribution in [0.15, 0.2) is 18.2 Å². The van der Waals surface area contributed by atoms with Gasteiger partial charge in [0.25, 0.3) is 0 Å². The Kier molecular flexibility index (Phi) is 5.03. The molecule has 21 heavy (non-hydrogen) atoms. The number of hydrogen-bond acceptors (Lipinski definition) is 3. The minimum Gasteiger partial charge on any atom is -0.374 e. The molecule has 1 aromatic rings. The van der Waals surface area contributed by atoms with Crippen LogP contribution in [0.1, 0.15) is 32.1 Å². The molecule has 0 heterocycles. The van der Waals surface area contributed by atoms with Gasteiger partial charge in [0, 0.05) is 5.02 Å². The van der Waals surface area contributed by atoms with E-state index in [1.807, 2.05) is 0 Å². The van der Waals surface area contributed by atoms with E-state index in [2.05, 4.69) is 16.7 Å². The van der Waals surface area contributed by atoms with Crippen LogP contribution in [0.25, 0.3) is 0 Å². The van der Waals surface area contributed by atoms with Crippen LogP contribution in [-0.4, -0.2) is 18.0 Å². The van der Waals surface area contributed by atoms with Crippen LogP contribution in [0, 0.1) is 17.1 Å². The van der Waals surface area contributed by atoms with Gasteiger partial charge in [-0.05, 0) is 31.0 Å². The Bertz CT molecular complexity index is 565. The lowest BCUT2D eigenvalue weighted by Gasteiger charge is -2.31. The summed E-state index contributed by atoms with van der Waals surface area (Å²) < 4.78 is 13.6. The topological polar surface area (TPSA) is 64.9 Å². The summed E-state index contributed by atoms with van der Waals surface area (Å²) in [7, 11) is 0. The molecule has 0 saturated heterocycles. The fraction of sp³-hybridized carbons (Fsp3) is 0.467. The van der Waals surface area contributed by atoms with Gasteiger partial charge in [-0.3, -0.25) is 4.79 Å². The van der Waals surface area contributed by atoms with Gasteiger partial charge in [0.15, 0.2) is 0 Å². The van der Waals surface area contributed by atoms with Crippen molar-refractivity contribution in [2.24, 2.45) is 0 Å². The fourth-order valence-electron chi connectivity index (χ4n) is 2.54. The number of carbonyl (C=O) groups excluding carboxylic acids is 1. The lowest BCUT2D eigenvalue weighted by molar-refractivity contribution is -0.121. The van der Waals surface area contributed by atoms with Gasteiger partial charge in [-0.25, -0.2) is 4.39 Å². The number of nitriles is 1. The van der Waals surface area contributed by atoms with Crippen LogP contribution < -0.4 is 10.6 Å². The van der Waals surface area contributed by atoms with Crippen molar-refractivity contribution in [2.45, 2.75) is 37.6 Å². The monoisotopic (exact) mass is 309 g/mol. The van der Waals surface area contributed by atoms with Crippen LogP contribution in [0.5, 0.6) is 0 Å². The van der Waals surface area contributed by atoms with Crippen LogP contribution in [0.2, 0.25) is 5.02 Å². The second-order valence-electron chi connectivity index (χ2n) is 5.28. The van der Waals surface area contributed by atoms with Crippen LogP contribution in [-0.2, 0) is 4.79 Å². The number of nitrogens with one attached hydrogen (secondary N) is 2. The molecule has 6 heteroatoms. The molecule has 0 unspecified atom stereocenters. The van der Waals surface area contributed by atoms with Crippen molar-refractivity contribution in [2.75, 3.05) is 11.9 Å². The van der Waals surface area contributed by atoms with Crippen LogP contribution >= 0.6 is 11.6 Å². The van der Waals surface area contributed by atoms with Gasteiger partial charge < -0.3 is 10.6 Å². The molecule has 0 spiro atoms. The zero-order valence-electron chi connectivity index (χ0n) is 11.6. The number of anilines is 1. The average Bonchev–Trinajstić information content (AvgIpc) is 2.47. The zero-order valence-corrected chi connectivity index (χ0v) is 12.3.